The van der Waals surface area contributed by atoms with Crippen LogP contribution in [0.3, 0.4) is 0 Å². The lowest BCUT2D eigenvalue weighted by Crippen LogP contribution is -2.20. The minimum Gasteiger partial charge on any atom is -0.382 e. The summed E-state index contributed by atoms with van der Waals surface area (Å²) in [5.74, 6) is 0.564. The number of aromatic nitrogens is 2. The molecule has 0 aromatic carbocycles. The Morgan fingerprint density at radius 1 is 1.20 bits per heavy atom. The molecule has 1 aromatic heterocycles. The molecular weight excluding hydrogens is 196 g/mol. The van der Waals surface area contributed by atoms with Gasteiger partial charge in [0.2, 0.25) is 5.95 Å². The highest BCUT2D eigenvalue weighted by Crippen LogP contribution is 2.33. The predicted molar refractivity (Wildman–Crippen MR) is 57.8 cm³/mol. The van der Waals surface area contributed by atoms with E-state index >= 15 is 0 Å². The lowest BCUT2D eigenvalue weighted by Gasteiger charge is -2.17. The number of hydrogen-bond acceptors (Lipinski definition) is 7. The van der Waals surface area contributed by atoms with Gasteiger partial charge in [-0.15, -0.1) is 4.91 Å². The Bertz CT molecular complexity index is 387. The molecule has 0 radical (unpaired) electrons. The van der Waals surface area contributed by atoms with E-state index in [1.165, 1.54) is 0 Å². The van der Waals surface area contributed by atoms with Gasteiger partial charge in [0.15, 0.2) is 17.3 Å². The fraction of sp³-hybridized carbons (Fsp3) is 0.500. The van der Waals surface area contributed by atoms with Crippen LogP contribution < -0.4 is 16.4 Å². The summed E-state index contributed by atoms with van der Waals surface area (Å²) in [5.41, 5.74) is 11.1. The molecule has 7 nitrogen and oxygen atoms in total. The molecule has 80 valence electrons. The summed E-state index contributed by atoms with van der Waals surface area (Å²) in [4.78, 5) is 20.3. The quantitative estimate of drug-likeness (QED) is 0.690. The number of hydrogen-bond donors (Lipinski definition) is 2. The van der Waals surface area contributed by atoms with Gasteiger partial charge >= 0.3 is 0 Å². The van der Waals surface area contributed by atoms with Crippen LogP contribution in [0.4, 0.5) is 23.3 Å². The standard InChI is InChI=1S/C8H12N6O/c9-6-5(13-15)7(12-8(10)11-6)14-3-1-2-4-14/h1-4H2,(H4,9,10,11,12). The van der Waals surface area contributed by atoms with Crippen molar-refractivity contribution in [1.82, 2.24) is 9.97 Å². The third-order valence-electron chi connectivity index (χ3n) is 2.41. The van der Waals surface area contributed by atoms with Crippen LogP contribution in [0.1, 0.15) is 12.8 Å². The lowest BCUT2D eigenvalue weighted by atomic mass is 10.4. The van der Waals surface area contributed by atoms with E-state index in [0.29, 0.717) is 5.82 Å². The number of anilines is 3. The summed E-state index contributed by atoms with van der Waals surface area (Å²) in [5, 5.41) is 2.86. The maximum Gasteiger partial charge on any atom is 0.224 e. The molecule has 1 aromatic rings. The van der Waals surface area contributed by atoms with Gasteiger partial charge in [-0.2, -0.15) is 9.97 Å². The Hall–Kier alpha value is -1.92. The van der Waals surface area contributed by atoms with Gasteiger partial charge in [-0.05, 0) is 18.0 Å². The van der Waals surface area contributed by atoms with Crippen LogP contribution in [-0.4, -0.2) is 23.1 Å². The molecule has 1 saturated heterocycles. The normalized spacial score (nSPS) is 15.6. The van der Waals surface area contributed by atoms with Crippen LogP contribution >= 0.6 is 0 Å². The van der Waals surface area contributed by atoms with Gasteiger partial charge in [-0.25, -0.2) is 0 Å². The second-order valence-corrected chi connectivity index (χ2v) is 3.42. The average Bonchev–Trinajstić information content (AvgIpc) is 2.69. The van der Waals surface area contributed by atoms with Crippen molar-refractivity contribution in [2.24, 2.45) is 5.18 Å². The molecule has 1 aliphatic heterocycles. The molecule has 4 N–H and O–H groups in total. The summed E-state index contributed by atoms with van der Waals surface area (Å²) < 4.78 is 0. The monoisotopic (exact) mass is 208 g/mol. The number of nitroso groups, excluding NO2 is 1. The van der Waals surface area contributed by atoms with Gasteiger partial charge in [0.25, 0.3) is 0 Å². The summed E-state index contributed by atoms with van der Waals surface area (Å²) in [6.07, 6.45) is 2.14. The van der Waals surface area contributed by atoms with E-state index in [1.54, 1.807) is 0 Å². The van der Waals surface area contributed by atoms with Crippen molar-refractivity contribution in [3.8, 4) is 0 Å². The minimum atomic E-state index is 0.0411. The van der Waals surface area contributed by atoms with Crippen LogP contribution in [0.2, 0.25) is 0 Å². The van der Waals surface area contributed by atoms with E-state index < -0.39 is 0 Å². The first-order valence-electron chi connectivity index (χ1n) is 4.73. The van der Waals surface area contributed by atoms with Crippen LogP contribution in [-0.2, 0) is 0 Å². The Labute approximate surface area is 86.5 Å². The zero-order valence-electron chi connectivity index (χ0n) is 8.18. The van der Waals surface area contributed by atoms with Crippen LogP contribution in [0.15, 0.2) is 5.18 Å². The maximum atomic E-state index is 10.6. The Morgan fingerprint density at radius 3 is 2.47 bits per heavy atom. The molecule has 0 saturated carbocycles. The van der Waals surface area contributed by atoms with E-state index in [2.05, 4.69) is 15.1 Å². The van der Waals surface area contributed by atoms with Crippen molar-refractivity contribution in [1.29, 1.82) is 0 Å². The molecule has 1 fully saturated rings. The third-order valence-corrected chi connectivity index (χ3v) is 2.41. The molecule has 2 rings (SSSR count). The molecule has 0 unspecified atom stereocenters. The van der Waals surface area contributed by atoms with Crippen molar-refractivity contribution in [2.45, 2.75) is 12.8 Å². The molecule has 0 amide bonds. The van der Waals surface area contributed by atoms with Crippen molar-refractivity contribution >= 4 is 23.3 Å². The molecule has 7 heteroatoms. The summed E-state index contributed by atoms with van der Waals surface area (Å²) >= 11 is 0. The average molecular weight is 208 g/mol. The number of rotatable bonds is 2. The molecule has 0 spiro atoms. The van der Waals surface area contributed by atoms with Crippen molar-refractivity contribution in [3.05, 3.63) is 4.91 Å². The number of nitrogens with zero attached hydrogens (tertiary/aromatic N) is 4. The second-order valence-electron chi connectivity index (χ2n) is 3.42. The highest BCUT2D eigenvalue weighted by Gasteiger charge is 2.21. The van der Waals surface area contributed by atoms with E-state index in [1.807, 2.05) is 4.90 Å². The van der Waals surface area contributed by atoms with E-state index in [-0.39, 0.29) is 17.5 Å². The fourth-order valence-electron chi connectivity index (χ4n) is 1.71. The highest BCUT2D eigenvalue weighted by atomic mass is 16.3. The van der Waals surface area contributed by atoms with Gasteiger partial charge in [-0.1, -0.05) is 0 Å². The van der Waals surface area contributed by atoms with Gasteiger partial charge in [-0.3, -0.25) is 0 Å². The molecule has 15 heavy (non-hydrogen) atoms. The summed E-state index contributed by atoms with van der Waals surface area (Å²) in [7, 11) is 0. The van der Waals surface area contributed by atoms with Crippen molar-refractivity contribution < 1.29 is 0 Å². The Morgan fingerprint density at radius 2 is 1.87 bits per heavy atom. The van der Waals surface area contributed by atoms with Crippen molar-refractivity contribution in [2.75, 3.05) is 29.5 Å². The fourth-order valence-corrected chi connectivity index (χ4v) is 1.71. The van der Waals surface area contributed by atoms with E-state index in [0.717, 1.165) is 25.9 Å². The lowest BCUT2D eigenvalue weighted by molar-refractivity contribution is 0.931. The topological polar surface area (TPSA) is 110 Å². The molecule has 0 atom stereocenters. The smallest absolute Gasteiger partial charge is 0.224 e. The zero-order chi connectivity index (χ0) is 10.8. The van der Waals surface area contributed by atoms with Crippen LogP contribution in [0.25, 0.3) is 0 Å². The SMILES string of the molecule is Nc1nc(N)c(N=O)c(N2CCCC2)n1. The van der Waals surface area contributed by atoms with Crippen LogP contribution in [0, 0.1) is 4.91 Å². The van der Waals surface area contributed by atoms with Gasteiger partial charge < -0.3 is 16.4 Å². The number of nitrogens with two attached hydrogens (primary N) is 2. The molecule has 0 bridgehead atoms. The molecule has 0 aliphatic carbocycles. The largest absolute Gasteiger partial charge is 0.382 e. The molecule has 2 heterocycles. The van der Waals surface area contributed by atoms with E-state index in [4.69, 9.17) is 11.5 Å². The minimum absolute atomic E-state index is 0.0411. The zero-order valence-corrected chi connectivity index (χ0v) is 8.18. The first-order valence-corrected chi connectivity index (χ1v) is 4.73. The molecule has 1 aliphatic rings. The predicted octanol–water partition coefficient (Wildman–Crippen LogP) is 0.639. The van der Waals surface area contributed by atoms with E-state index in [9.17, 15) is 4.91 Å². The van der Waals surface area contributed by atoms with Gasteiger partial charge in [0.05, 0.1) is 0 Å². The van der Waals surface area contributed by atoms with Crippen molar-refractivity contribution in [3.63, 3.8) is 0 Å². The van der Waals surface area contributed by atoms with Gasteiger partial charge in [0, 0.05) is 13.1 Å². The Kier molecular flexibility index (Phi) is 2.36. The summed E-state index contributed by atoms with van der Waals surface area (Å²) in [6, 6.07) is 0. The first-order chi connectivity index (χ1) is 7.22. The first kappa shape index (κ1) is 9.63. The number of nitrogen functional groups attached to an aromatic ring is 2. The Balaban J connectivity index is 2.47. The van der Waals surface area contributed by atoms with Crippen LogP contribution in [0.5, 0.6) is 0 Å². The third kappa shape index (κ3) is 1.67. The van der Waals surface area contributed by atoms with Gasteiger partial charge in [0.1, 0.15) is 0 Å². The highest BCUT2D eigenvalue weighted by molar-refractivity contribution is 5.74. The maximum absolute atomic E-state index is 10.6. The molecular formula is C8H12N6O. The summed E-state index contributed by atoms with van der Waals surface area (Å²) in [6.45, 7) is 1.69. The second kappa shape index (κ2) is 3.68.